The summed E-state index contributed by atoms with van der Waals surface area (Å²) in [6, 6.07) is 0. The first-order valence-corrected chi connectivity index (χ1v) is 7.10. The molecule has 0 aromatic carbocycles. The van der Waals surface area contributed by atoms with Crippen molar-refractivity contribution in [1.29, 1.82) is 0 Å². The van der Waals surface area contributed by atoms with Crippen LogP contribution in [0.4, 0.5) is 0 Å². The number of aliphatic hydroxyl groups is 1. The Bertz CT molecular complexity index is 249. The third-order valence-corrected chi connectivity index (χ3v) is 3.95. The van der Waals surface area contributed by atoms with Crippen molar-refractivity contribution in [2.24, 2.45) is 5.41 Å². The van der Waals surface area contributed by atoms with E-state index >= 15 is 0 Å². The van der Waals surface area contributed by atoms with Crippen LogP contribution in [0, 0.1) is 5.41 Å². The molecule has 0 spiro atoms. The second-order valence-corrected chi connectivity index (χ2v) is 5.38. The van der Waals surface area contributed by atoms with Gasteiger partial charge in [-0.1, -0.05) is 26.2 Å². The molecule has 1 fully saturated rings. The largest absolute Gasteiger partial charge is 0.391 e. The minimum absolute atomic E-state index is 0.104. The molecule has 0 radical (unpaired) electrons. The Morgan fingerprint density at radius 1 is 1.44 bits per heavy atom. The number of carbonyl (C=O) groups is 1. The lowest BCUT2D eigenvalue weighted by molar-refractivity contribution is -0.132. The molecule has 0 heterocycles. The minimum atomic E-state index is -0.417. The predicted octanol–water partition coefficient (Wildman–Crippen LogP) is 1.86. The van der Waals surface area contributed by atoms with Crippen LogP contribution in [0.25, 0.3) is 0 Å². The first kappa shape index (κ1) is 15.4. The van der Waals surface area contributed by atoms with Crippen LogP contribution in [0.2, 0.25) is 0 Å². The SMILES string of the molecule is CCCC(O)CNC(=O)C1(CCOC)CCCC1. The number of amides is 1. The monoisotopic (exact) mass is 257 g/mol. The number of hydrogen-bond donors (Lipinski definition) is 2. The van der Waals surface area contributed by atoms with Crippen molar-refractivity contribution in [3.63, 3.8) is 0 Å². The maximum atomic E-state index is 12.3. The third-order valence-electron chi connectivity index (χ3n) is 3.95. The summed E-state index contributed by atoms with van der Waals surface area (Å²) in [7, 11) is 1.67. The van der Waals surface area contributed by atoms with Crippen LogP contribution in [0.1, 0.15) is 51.9 Å². The molecule has 4 nitrogen and oxygen atoms in total. The van der Waals surface area contributed by atoms with Crippen molar-refractivity contribution >= 4 is 5.91 Å². The van der Waals surface area contributed by atoms with E-state index in [1.807, 2.05) is 6.92 Å². The van der Waals surface area contributed by atoms with E-state index in [4.69, 9.17) is 4.74 Å². The summed E-state index contributed by atoms with van der Waals surface area (Å²) in [5.41, 5.74) is -0.248. The molecule has 0 saturated heterocycles. The smallest absolute Gasteiger partial charge is 0.226 e. The summed E-state index contributed by atoms with van der Waals surface area (Å²) in [5, 5.41) is 12.6. The highest BCUT2D eigenvalue weighted by Gasteiger charge is 2.40. The van der Waals surface area contributed by atoms with Gasteiger partial charge in [0, 0.05) is 20.3 Å². The molecular weight excluding hydrogens is 230 g/mol. The maximum absolute atomic E-state index is 12.3. The molecule has 1 atom stereocenters. The van der Waals surface area contributed by atoms with Gasteiger partial charge in [0.05, 0.1) is 11.5 Å². The molecule has 1 aliphatic rings. The van der Waals surface area contributed by atoms with Gasteiger partial charge in [-0.3, -0.25) is 4.79 Å². The van der Waals surface area contributed by atoms with E-state index in [9.17, 15) is 9.90 Å². The van der Waals surface area contributed by atoms with E-state index in [1.54, 1.807) is 7.11 Å². The number of hydrogen-bond acceptors (Lipinski definition) is 3. The average molecular weight is 257 g/mol. The molecule has 0 bridgehead atoms. The van der Waals surface area contributed by atoms with Crippen molar-refractivity contribution in [2.75, 3.05) is 20.3 Å². The van der Waals surface area contributed by atoms with Crippen LogP contribution in [0.3, 0.4) is 0 Å². The van der Waals surface area contributed by atoms with Crippen molar-refractivity contribution in [3.05, 3.63) is 0 Å². The van der Waals surface area contributed by atoms with Gasteiger partial charge in [0.25, 0.3) is 0 Å². The van der Waals surface area contributed by atoms with Crippen LogP contribution in [-0.2, 0) is 9.53 Å². The number of ether oxygens (including phenoxy) is 1. The number of methoxy groups -OCH3 is 1. The lowest BCUT2D eigenvalue weighted by Crippen LogP contribution is -2.43. The Kier molecular flexibility index (Phi) is 6.65. The quantitative estimate of drug-likeness (QED) is 0.698. The summed E-state index contributed by atoms with van der Waals surface area (Å²) in [6.07, 6.45) is 6.19. The van der Waals surface area contributed by atoms with Crippen molar-refractivity contribution < 1.29 is 14.6 Å². The number of rotatable bonds is 8. The first-order chi connectivity index (χ1) is 8.64. The lowest BCUT2D eigenvalue weighted by atomic mass is 9.82. The Morgan fingerprint density at radius 3 is 2.67 bits per heavy atom. The van der Waals surface area contributed by atoms with Gasteiger partial charge < -0.3 is 15.2 Å². The second-order valence-electron chi connectivity index (χ2n) is 5.38. The Hall–Kier alpha value is -0.610. The van der Waals surface area contributed by atoms with Crippen LogP contribution in [0.15, 0.2) is 0 Å². The molecule has 0 aromatic rings. The molecule has 2 N–H and O–H groups in total. The summed E-state index contributed by atoms with van der Waals surface area (Å²) in [5.74, 6) is 0.104. The molecule has 1 rings (SSSR count). The van der Waals surface area contributed by atoms with E-state index in [0.29, 0.717) is 13.2 Å². The zero-order valence-electron chi connectivity index (χ0n) is 11.7. The van der Waals surface area contributed by atoms with E-state index < -0.39 is 6.10 Å². The molecule has 18 heavy (non-hydrogen) atoms. The van der Waals surface area contributed by atoms with E-state index in [2.05, 4.69) is 5.32 Å². The zero-order valence-corrected chi connectivity index (χ0v) is 11.7. The highest BCUT2D eigenvalue weighted by Crippen LogP contribution is 2.41. The Labute approximate surface area is 110 Å². The summed E-state index contributed by atoms with van der Waals surface area (Å²) < 4.78 is 5.11. The van der Waals surface area contributed by atoms with Gasteiger partial charge >= 0.3 is 0 Å². The van der Waals surface area contributed by atoms with Crippen LogP contribution in [0.5, 0.6) is 0 Å². The summed E-state index contributed by atoms with van der Waals surface area (Å²) >= 11 is 0. The van der Waals surface area contributed by atoms with Gasteiger partial charge in [0.1, 0.15) is 0 Å². The van der Waals surface area contributed by atoms with Crippen LogP contribution >= 0.6 is 0 Å². The number of carbonyl (C=O) groups excluding carboxylic acids is 1. The summed E-state index contributed by atoms with van der Waals surface area (Å²) in [4.78, 5) is 12.3. The Balaban J connectivity index is 2.44. The first-order valence-electron chi connectivity index (χ1n) is 7.10. The molecule has 106 valence electrons. The fourth-order valence-electron chi connectivity index (χ4n) is 2.77. The van der Waals surface area contributed by atoms with Crippen molar-refractivity contribution in [3.8, 4) is 0 Å². The van der Waals surface area contributed by atoms with Gasteiger partial charge in [-0.15, -0.1) is 0 Å². The third kappa shape index (κ3) is 4.25. The van der Waals surface area contributed by atoms with E-state index in [0.717, 1.165) is 44.9 Å². The predicted molar refractivity (Wildman–Crippen MR) is 71.3 cm³/mol. The van der Waals surface area contributed by atoms with Gasteiger partial charge in [-0.25, -0.2) is 0 Å². The van der Waals surface area contributed by atoms with Gasteiger partial charge in [-0.05, 0) is 25.7 Å². The van der Waals surface area contributed by atoms with Crippen LogP contribution < -0.4 is 5.32 Å². The van der Waals surface area contributed by atoms with Gasteiger partial charge in [0.2, 0.25) is 5.91 Å². The number of aliphatic hydroxyl groups excluding tert-OH is 1. The molecule has 4 heteroatoms. The molecule has 1 amide bonds. The second kappa shape index (κ2) is 7.74. The minimum Gasteiger partial charge on any atom is -0.391 e. The topological polar surface area (TPSA) is 58.6 Å². The highest BCUT2D eigenvalue weighted by atomic mass is 16.5. The molecule has 0 aliphatic heterocycles. The van der Waals surface area contributed by atoms with Gasteiger partial charge in [0.15, 0.2) is 0 Å². The highest BCUT2D eigenvalue weighted by molar-refractivity contribution is 5.82. The molecule has 0 aromatic heterocycles. The lowest BCUT2D eigenvalue weighted by Gasteiger charge is -2.28. The van der Waals surface area contributed by atoms with Gasteiger partial charge in [-0.2, -0.15) is 0 Å². The van der Waals surface area contributed by atoms with Crippen molar-refractivity contribution in [1.82, 2.24) is 5.32 Å². The fraction of sp³-hybridized carbons (Fsp3) is 0.929. The number of nitrogens with one attached hydrogen (secondary N) is 1. The normalized spacial score (nSPS) is 19.7. The fourth-order valence-corrected chi connectivity index (χ4v) is 2.77. The Morgan fingerprint density at radius 2 is 2.11 bits per heavy atom. The zero-order chi connectivity index (χ0) is 13.4. The molecule has 1 unspecified atom stereocenters. The molecule has 1 saturated carbocycles. The average Bonchev–Trinajstić information content (AvgIpc) is 2.84. The summed E-state index contributed by atoms with van der Waals surface area (Å²) in [6.45, 7) is 3.04. The molecule has 1 aliphatic carbocycles. The van der Waals surface area contributed by atoms with Crippen molar-refractivity contribution in [2.45, 2.75) is 58.0 Å². The molecular formula is C14H27NO3. The van der Waals surface area contributed by atoms with Crippen LogP contribution in [-0.4, -0.2) is 37.4 Å². The standard InChI is InChI=1S/C14H27NO3/c1-3-6-12(16)11-15-13(17)14(9-10-18-2)7-4-5-8-14/h12,16H,3-11H2,1-2H3,(H,15,17). The van der Waals surface area contributed by atoms with E-state index in [-0.39, 0.29) is 11.3 Å². The maximum Gasteiger partial charge on any atom is 0.226 e. The van der Waals surface area contributed by atoms with E-state index in [1.165, 1.54) is 0 Å².